The molecule has 1 N–H and O–H groups in total. The first-order valence-corrected chi connectivity index (χ1v) is 7.42. The van der Waals surface area contributed by atoms with Crippen LogP contribution in [0.3, 0.4) is 0 Å². The second-order valence-corrected chi connectivity index (χ2v) is 5.50. The lowest BCUT2D eigenvalue weighted by Gasteiger charge is -2.17. The van der Waals surface area contributed by atoms with Gasteiger partial charge in [0.2, 0.25) is 0 Å². The smallest absolute Gasteiger partial charge is 0.0475 e. The quantitative estimate of drug-likeness (QED) is 0.901. The number of hydrogen-bond acceptors (Lipinski definition) is 2. The van der Waals surface area contributed by atoms with Crippen LogP contribution in [0, 0.1) is 0 Å². The number of pyridine rings is 1. The van der Waals surface area contributed by atoms with Gasteiger partial charge in [-0.25, -0.2) is 0 Å². The summed E-state index contributed by atoms with van der Waals surface area (Å²) >= 11 is 0. The van der Waals surface area contributed by atoms with Crippen molar-refractivity contribution in [2.24, 2.45) is 0 Å². The van der Waals surface area contributed by atoms with Crippen LogP contribution in [0.5, 0.6) is 0 Å². The predicted molar refractivity (Wildman–Crippen MR) is 88.3 cm³/mol. The van der Waals surface area contributed by atoms with E-state index in [1.165, 1.54) is 22.3 Å². The number of aromatic nitrogens is 1. The van der Waals surface area contributed by atoms with E-state index in [0.717, 1.165) is 18.5 Å². The number of rotatable bonds is 5. The minimum atomic E-state index is -2.08. The average molecular weight is 281 g/mol. The van der Waals surface area contributed by atoms with Gasteiger partial charge in [-0.15, -0.1) is 0 Å². The Morgan fingerprint density at radius 2 is 2.10 bits per heavy atom. The molecule has 2 aromatic rings. The lowest BCUT2D eigenvalue weighted by molar-refractivity contribution is 0.772. The van der Waals surface area contributed by atoms with Crippen molar-refractivity contribution >= 4 is 5.57 Å². The molecule has 0 radical (unpaired) electrons. The molecule has 108 valence electrons. The van der Waals surface area contributed by atoms with Gasteiger partial charge < -0.3 is 5.32 Å². The first-order chi connectivity index (χ1) is 11.5. The molecule has 1 aromatic carbocycles. The van der Waals surface area contributed by atoms with Crippen LogP contribution in [0.25, 0.3) is 5.57 Å². The highest BCUT2D eigenvalue weighted by atomic mass is 14.8. The molecular formula is C19H22N2. The van der Waals surface area contributed by atoms with Crippen molar-refractivity contribution in [3.8, 4) is 0 Å². The van der Waals surface area contributed by atoms with Crippen LogP contribution in [0.1, 0.15) is 40.2 Å². The van der Waals surface area contributed by atoms with Crippen LogP contribution in [0.15, 0.2) is 54.2 Å². The molecule has 1 aliphatic rings. The van der Waals surface area contributed by atoms with Crippen molar-refractivity contribution in [2.75, 3.05) is 13.5 Å². The van der Waals surface area contributed by atoms with E-state index in [4.69, 9.17) is 4.11 Å². The maximum Gasteiger partial charge on any atom is 0.0475 e. The lowest BCUT2D eigenvalue weighted by Crippen LogP contribution is -2.09. The van der Waals surface area contributed by atoms with E-state index in [9.17, 15) is 0 Å². The van der Waals surface area contributed by atoms with Crippen LogP contribution in [-0.4, -0.2) is 18.5 Å². The fourth-order valence-electron chi connectivity index (χ4n) is 3.21. The van der Waals surface area contributed by atoms with Gasteiger partial charge in [0.15, 0.2) is 0 Å². The molecule has 1 aromatic heterocycles. The molecule has 1 heterocycles. The standard InChI is InChI=1S/C19H22N2/c1-14(18-9-5-6-11-21-18)19-16(10-12-20-2)13-15-7-3-4-8-17(15)19/h3-9,11,14,20H,10,12-13H2,1-2H3/i2D3. The number of nitrogens with zero attached hydrogens (tertiary/aromatic N) is 1. The third-order valence-corrected chi connectivity index (χ3v) is 4.21. The highest BCUT2D eigenvalue weighted by Crippen LogP contribution is 2.42. The molecule has 1 unspecified atom stereocenters. The Labute approximate surface area is 131 Å². The molecule has 0 amide bonds. The Balaban J connectivity index is 1.90. The first-order valence-electron chi connectivity index (χ1n) is 8.92. The maximum absolute atomic E-state index is 7.30. The predicted octanol–water partition coefficient (Wildman–Crippen LogP) is 3.80. The van der Waals surface area contributed by atoms with Gasteiger partial charge in [0.05, 0.1) is 0 Å². The zero-order valence-corrected chi connectivity index (χ0v) is 12.3. The second-order valence-electron chi connectivity index (χ2n) is 5.50. The minimum absolute atomic E-state index is 0.192. The van der Waals surface area contributed by atoms with Gasteiger partial charge in [-0.2, -0.15) is 0 Å². The molecule has 0 saturated carbocycles. The summed E-state index contributed by atoms with van der Waals surface area (Å²) in [6.45, 7) is 0.550. The fourth-order valence-corrected chi connectivity index (χ4v) is 3.21. The van der Waals surface area contributed by atoms with E-state index >= 15 is 0 Å². The van der Waals surface area contributed by atoms with Crippen LogP contribution in [0.4, 0.5) is 0 Å². The van der Waals surface area contributed by atoms with E-state index in [1.807, 2.05) is 18.3 Å². The van der Waals surface area contributed by atoms with E-state index < -0.39 is 6.98 Å². The molecule has 3 rings (SSSR count). The van der Waals surface area contributed by atoms with Crippen molar-refractivity contribution < 1.29 is 4.11 Å². The van der Waals surface area contributed by atoms with Gasteiger partial charge in [0, 0.05) is 21.9 Å². The summed E-state index contributed by atoms with van der Waals surface area (Å²) in [4.78, 5) is 4.51. The van der Waals surface area contributed by atoms with Crippen molar-refractivity contribution in [1.82, 2.24) is 10.3 Å². The Hall–Kier alpha value is -1.93. The summed E-state index contributed by atoms with van der Waals surface area (Å²) in [6, 6.07) is 14.4. The molecule has 0 spiro atoms. The summed E-state index contributed by atoms with van der Waals surface area (Å²) in [5.74, 6) is 0.192. The maximum atomic E-state index is 7.30. The van der Waals surface area contributed by atoms with Crippen molar-refractivity contribution in [2.45, 2.75) is 25.7 Å². The molecule has 21 heavy (non-hydrogen) atoms. The monoisotopic (exact) mass is 281 g/mol. The largest absolute Gasteiger partial charge is 0.319 e. The lowest BCUT2D eigenvalue weighted by atomic mass is 9.90. The van der Waals surface area contributed by atoms with E-state index in [0.29, 0.717) is 6.54 Å². The van der Waals surface area contributed by atoms with Gasteiger partial charge in [0.1, 0.15) is 0 Å². The normalized spacial score (nSPS) is 17.9. The fraction of sp³-hybridized carbons (Fsp3) is 0.316. The number of allylic oxidation sites excluding steroid dienone is 1. The van der Waals surface area contributed by atoms with Gasteiger partial charge in [0.25, 0.3) is 0 Å². The van der Waals surface area contributed by atoms with Crippen molar-refractivity contribution in [3.63, 3.8) is 0 Å². The molecule has 0 fully saturated rings. The molecule has 1 atom stereocenters. The molecule has 2 nitrogen and oxygen atoms in total. The minimum Gasteiger partial charge on any atom is -0.319 e. The molecule has 1 aliphatic carbocycles. The zero-order valence-electron chi connectivity index (χ0n) is 15.3. The number of nitrogens with one attached hydrogen (secondary N) is 1. The molecule has 0 bridgehead atoms. The second kappa shape index (κ2) is 6.23. The summed E-state index contributed by atoms with van der Waals surface area (Å²) in [6.07, 6.45) is 3.45. The van der Waals surface area contributed by atoms with Crippen molar-refractivity contribution in [1.29, 1.82) is 0 Å². The van der Waals surface area contributed by atoms with Crippen LogP contribution >= 0.6 is 0 Å². The number of fused-ring (bicyclic) bond motifs is 1. The van der Waals surface area contributed by atoms with E-state index in [-0.39, 0.29) is 5.92 Å². The summed E-state index contributed by atoms with van der Waals surface area (Å²) < 4.78 is 21.9. The van der Waals surface area contributed by atoms with Crippen LogP contribution < -0.4 is 5.32 Å². The van der Waals surface area contributed by atoms with Gasteiger partial charge in [-0.05, 0) is 55.2 Å². The van der Waals surface area contributed by atoms with E-state index in [2.05, 4.69) is 47.6 Å². The van der Waals surface area contributed by atoms with Gasteiger partial charge in [-0.3, -0.25) is 4.98 Å². The van der Waals surface area contributed by atoms with Gasteiger partial charge >= 0.3 is 0 Å². The number of hydrogen-bond donors (Lipinski definition) is 1. The van der Waals surface area contributed by atoms with Crippen molar-refractivity contribution in [3.05, 3.63) is 71.1 Å². The number of benzene rings is 1. The van der Waals surface area contributed by atoms with Crippen LogP contribution in [-0.2, 0) is 6.42 Å². The highest BCUT2D eigenvalue weighted by Gasteiger charge is 2.25. The SMILES string of the molecule is [2H]C([2H])([2H])NCCC1=C(C(C)c2ccccn2)c2ccccc2C1. The van der Waals surface area contributed by atoms with Crippen LogP contribution in [0.2, 0.25) is 0 Å². The average Bonchev–Trinajstić information content (AvgIpc) is 2.92. The molecule has 0 saturated heterocycles. The van der Waals surface area contributed by atoms with E-state index in [1.54, 1.807) is 0 Å². The Kier molecular flexibility index (Phi) is 3.19. The molecular weight excluding hydrogens is 256 g/mol. The summed E-state index contributed by atoms with van der Waals surface area (Å²) in [5.41, 5.74) is 6.26. The molecule has 2 heteroatoms. The Morgan fingerprint density at radius 3 is 2.90 bits per heavy atom. The Morgan fingerprint density at radius 1 is 1.24 bits per heavy atom. The first kappa shape index (κ1) is 10.7. The topological polar surface area (TPSA) is 24.9 Å². The third-order valence-electron chi connectivity index (χ3n) is 4.21. The Bertz CT molecular complexity index is 736. The molecule has 0 aliphatic heterocycles. The zero-order chi connectivity index (χ0) is 17.2. The summed E-state index contributed by atoms with van der Waals surface area (Å²) in [7, 11) is 0. The summed E-state index contributed by atoms with van der Waals surface area (Å²) in [5, 5.41) is 2.62. The van der Waals surface area contributed by atoms with Gasteiger partial charge in [-0.1, -0.05) is 42.8 Å². The third kappa shape index (κ3) is 2.77. The highest BCUT2D eigenvalue weighted by molar-refractivity contribution is 5.80.